The molecule has 0 aromatic heterocycles. The van der Waals surface area contributed by atoms with Crippen LogP contribution < -0.4 is 9.67 Å². The summed E-state index contributed by atoms with van der Waals surface area (Å²) >= 11 is -5.15. The van der Waals surface area contributed by atoms with Crippen LogP contribution in [-0.2, 0) is 18.1 Å². The minimum Gasteiger partial charge on any atom is -0.466 e. The minimum atomic E-state index is -5.15. The second-order valence-corrected chi connectivity index (χ2v) is 8.93. The van der Waals surface area contributed by atoms with Gasteiger partial charge in [-0.1, -0.05) is 25.1 Å². The fraction of sp³-hybridized carbons (Fsp3) is 0.263. The van der Waals surface area contributed by atoms with Gasteiger partial charge in [0, 0.05) is 6.42 Å². The monoisotopic (exact) mass is 453 g/mol. The second-order valence-electron chi connectivity index (χ2n) is 5.64. The van der Waals surface area contributed by atoms with Gasteiger partial charge in [0.05, 0.1) is 6.61 Å². The van der Waals surface area contributed by atoms with Gasteiger partial charge in [-0.15, -0.1) is 0 Å². The van der Waals surface area contributed by atoms with Crippen LogP contribution in [0.2, 0.25) is 0 Å². The van der Waals surface area contributed by atoms with Crippen molar-refractivity contribution in [3.05, 3.63) is 42.5 Å². The fourth-order valence-corrected chi connectivity index (χ4v) is 3.42. The molecule has 3 rings (SSSR count). The van der Waals surface area contributed by atoms with E-state index in [1.807, 2.05) is 0 Å². The summed E-state index contributed by atoms with van der Waals surface area (Å²) in [6, 6.07) is 12.3. The van der Waals surface area contributed by atoms with Crippen LogP contribution in [0.25, 0.3) is 11.1 Å². The Morgan fingerprint density at radius 1 is 1.07 bits per heavy atom. The van der Waals surface area contributed by atoms with E-state index in [1.54, 1.807) is 13.8 Å². The van der Waals surface area contributed by atoms with Gasteiger partial charge in [-0.3, -0.25) is 4.79 Å². The van der Waals surface area contributed by atoms with Crippen LogP contribution in [-0.4, -0.2) is 46.0 Å². The summed E-state index contributed by atoms with van der Waals surface area (Å²) in [6.07, 6.45) is 0.480. The molecule has 152 valence electrons. The zero-order chi connectivity index (χ0) is 21.3. The van der Waals surface area contributed by atoms with Crippen molar-refractivity contribution in [2.75, 3.05) is 11.9 Å². The van der Waals surface area contributed by atoms with Gasteiger partial charge in [0.1, 0.15) is 0 Å². The average molecular weight is 453 g/mol. The first kappa shape index (κ1) is 23.5. The summed E-state index contributed by atoms with van der Waals surface area (Å²) in [7, 11) is 0. The zero-order valence-corrected chi connectivity index (χ0v) is 17.8. The van der Waals surface area contributed by atoms with Gasteiger partial charge in [-0.25, -0.2) is 0 Å². The Labute approximate surface area is 166 Å². The van der Waals surface area contributed by atoms with Crippen LogP contribution >= 0.6 is 0 Å². The van der Waals surface area contributed by atoms with Crippen molar-refractivity contribution in [3.8, 4) is 16.9 Å². The summed E-state index contributed by atoms with van der Waals surface area (Å²) in [5.41, 5.74) is 2.84. The van der Waals surface area contributed by atoms with Gasteiger partial charge in [-0.2, -0.15) is 0 Å². The Bertz CT molecular complexity index is 859. The maximum atomic E-state index is 11.0. The van der Waals surface area contributed by atoms with E-state index in [1.165, 1.54) is 30.2 Å². The molecule has 0 saturated heterocycles. The van der Waals surface area contributed by atoms with E-state index in [0.717, 1.165) is 6.07 Å². The molecule has 0 heterocycles. The molecule has 28 heavy (non-hydrogen) atoms. The molecule has 0 fully saturated rings. The fourth-order valence-electron chi connectivity index (χ4n) is 2.00. The van der Waals surface area contributed by atoms with Gasteiger partial charge in [0.25, 0.3) is 0 Å². The summed E-state index contributed by atoms with van der Waals surface area (Å²) in [4.78, 5) is 20.9. The molecule has 1 amide bonds. The van der Waals surface area contributed by atoms with Crippen molar-refractivity contribution >= 4 is 36.1 Å². The number of carbonyl (C=O) groups excluding carboxylic acids is 2. The number of ether oxygens (including phenoxy) is 1. The molecular formula is C19H24AsNO7. The maximum absolute atomic E-state index is 11.0. The van der Waals surface area contributed by atoms with E-state index in [4.69, 9.17) is 8.19 Å². The maximum Gasteiger partial charge on any atom is 0.305 e. The van der Waals surface area contributed by atoms with Crippen LogP contribution in [0.1, 0.15) is 27.2 Å². The summed E-state index contributed by atoms with van der Waals surface area (Å²) in [6.45, 7) is 5.30. The van der Waals surface area contributed by atoms with Crippen molar-refractivity contribution in [1.82, 2.24) is 0 Å². The largest absolute Gasteiger partial charge is 0.466 e. The van der Waals surface area contributed by atoms with Gasteiger partial charge in [0.15, 0.2) is 0 Å². The number of hydrogen-bond donors (Lipinski definition) is 4. The Morgan fingerprint density at radius 2 is 1.64 bits per heavy atom. The van der Waals surface area contributed by atoms with Crippen molar-refractivity contribution in [3.63, 3.8) is 0 Å². The molecule has 1 aromatic rings. The molecular weight excluding hydrogens is 429 g/mol. The molecule has 0 spiro atoms. The minimum absolute atomic E-state index is 0.00951. The summed E-state index contributed by atoms with van der Waals surface area (Å²) in [5, 5.41) is 11.7. The Morgan fingerprint density at radius 3 is 1.96 bits per heavy atom. The summed E-state index contributed by atoms with van der Waals surface area (Å²) < 4.78 is 32.9. The number of esters is 1. The standard InChI is InChI=1S/C8H10AsNO5.C6H4.C5H10O2/c1-5(11)10-7-4-2-3-6(8(7)12)9(13,14)15;1-2-5-4-6(5)3-1;1-3-5(6)7-4-2/h2-4,12H,1H3,(H,10,11)(H2,13,14,15);1-4H;3-4H2,1-2H3. The number of nitrogens with one attached hydrogen (secondary N) is 1. The van der Waals surface area contributed by atoms with Crippen LogP contribution in [0, 0.1) is 0 Å². The molecule has 4 N–H and O–H groups in total. The smallest absolute Gasteiger partial charge is 0.305 e. The first-order valence-corrected chi connectivity index (χ1v) is 11.9. The number of rotatable bonds is 4. The average Bonchev–Trinajstić information content (AvgIpc) is 3.22. The predicted octanol–water partition coefficient (Wildman–Crippen LogP) is 1.54. The molecule has 2 aliphatic rings. The van der Waals surface area contributed by atoms with E-state index >= 15 is 0 Å². The van der Waals surface area contributed by atoms with Crippen LogP contribution in [0.5, 0.6) is 5.75 Å². The summed E-state index contributed by atoms with van der Waals surface area (Å²) in [5.74, 6) is -1.14. The quantitative estimate of drug-likeness (QED) is 0.268. The molecule has 0 bridgehead atoms. The number of fused-ring (bicyclic) bond motifs is 1. The van der Waals surface area contributed by atoms with E-state index in [9.17, 15) is 18.4 Å². The van der Waals surface area contributed by atoms with E-state index in [2.05, 4.69) is 34.3 Å². The number of aromatic hydroxyl groups is 1. The molecule has 0 atom stereocenters. The van der Waals surface area contributed by atoms with Crippen molar-refractivity contribution in [2.45, 2.75) is 27.2 Å². The number of amides is 1. The normalized spacial score (nSPS) is 10.5. The zero-order valence-electron chi connectivity index (χ0n) is 15.9. The molecule has 1 aromatic carbocycles. The molecule has 2 aliphatic carbocycles. The molecule has 0 unspecified atom stereocenters. The van der Waals surface area contributed by atoms with Gasteiger partial charge in [0.2, 0.25) is 0 Å². The molecule has 0 saturated carbocycles. The van der Waals surface area contributed by atoms with Gasteiger partial charge in [-0.05, 0) is 24.1 Å². The van der Waals surface area contributed by atoms with Crippen molar-refractivity contribution < 1.29 is 31.4 Å². The second kappa shape index (κ2) is 10.7. The van der Waals surface area contributed by atoms with Crippen LogP contribution in [0.3, 0.4) is 0 Å². The number of para-hydroxylation sites is 1. The number of benzene rings is 2. The van der Waals surface area contributed by atoms with Crippen LogP contribution in [0.4, 0.5) is 5.69 Å². The Kier molecular flexibility index (Phi) is 8.98. The number of phenols is 1. The van der Waals surface area contributed by atoms with Crippen molar-refractivity contribution in [2.24, 2.45) is 0 Å². The SMILES string of the molecule is CC(=O)Nc1cccc([As](=O)(O)O)c1O.CCOC(=O)CC.c1cc2cc-2c1. The third kappa shape index (κ3) is 8.00. The molecule has 0 aliphatic heterocycles. The molecule has 8 nitrogen and oxygen atoms in total. The van der Waals surface area contributed by atoms with Crippen molar-refractivity contribution in [1.29, 1.82) is 0 Å². The Hall–Kier alpha value is -2.54. The van der Waals surface area contributed by atoms with Crippen LogP contribution in [0.15, 0.2) is 42.5 Å². The Balaban J connectivity index is 0.000000246. The first-order valence-electron chi connectivity index (χ1n) is 8.51. The number of phenolic OH excluding ortho intramolecular Hbond substituents is 1. The number of hydrogen-bond acceptors (Lipinski definition) is 5. The first-order chi connectivity index (χ1) is 13.1. The van der Waals surface area contributed by atoms with E-state index in [-0.39, 0.29) is 11.7 Å². The predicted molar refractivity (Wildman–Crippen MR) is 105 cm³/mol. The third-order valence-electron chi connectivity index (χ3n) is 3.35. The third-order valence-corrected chi connectivity index (χ3v) is 5.42. The van der Waals surface area contributed by atoms with Gasteiger partial charge >= 0.3 is 94.1 Å². The number of anilines is 1. The topological polar surface area (TPSA) is 133 Å². The van der Waals surface area contributed by atoms with Gasteiger partial charge < -0.3 is 4.74 Å². The van der Waals surface area contributed by atoms with E-state index in [0.29, 0.717) is 13.0 Å². The molecule has 0 radical (unpaired) electrons. The number of carbonyl (C=O) groups is 2. The molecule has 9 heteroatoms. The van der Waals surface area contributed by atoms with E-state index < -0.39 is 30.2 Å².